The summed E-state index contributed by atoms with van der Waals surface area (Å²) in [5.74, 6) is 0.565. The molecule has 0 bridgehead atoms. The minimum atomic E-state index is 0.207. The van der Waals surface area contributed by atoms with Gasteiger partial charge < -0.3 is 10.9 Å². The molecule has 1 fully saturated rings. The smallest absolute Gasteiger partial charge is 0.142 e. The molecular weight excluding hydrogens is 254 g/mol. The molecule has 0 aromatic heterocycles. The van der Waals surface area contributed by atoms with Crippen LogP contribution in [0.25, 0.3) is 0 Å². The summed E-state index contributed by atoms with van der Waals surface area (Å²) in [6.45, 7) is 0.595. The Balaban J connectivity index is 1.76. The topological polar surface area (TPSA) is 71.1 Å². The van der Waals surface area contributed by atoms with Crippen LogP contribution in [0.2, 0.25) is 0 Å². The molecule has 1 aromatic rings. The normalized spacial score (nSPS) is 24.0. The van der Waals surface area contributed by atoms with Gasteiger partial charge >= 0.3 is 0 Å². The van der Waals surface area contributed by atoms with Crippen molar-refractivity contribution in [1.82, 2.24) is 5.06 Å². The maximum Gasteiger partial charge on any atom is 0.142 e. The number of nitrogens with two attached hydrogens (primary N) is 1. The van der Waals surface area contributed by atoms with E-state index in [-0.39, 0.29) is 5.92 Å². The summed E-state index contributed by atoms with van der Waals surface area (Å²) in [5.41, 5.74) is 6.83. The SMILES string of the molecule is CN(OCc1ccccc1)C1CCC(C(N)=NO)CC1. The van der Waals surface area contributed by atoms with Gasteiger partial charge in [-0.25, -0.2) is 0 Å². The first-order chi connectivity index (χ1) is 9.70. The molecule has 0 unspecified atom stereocenters. The molecular formula is C15H23N3O2. The molecule has 0 atom stereocenters. The Labute approximate surface area is 120 Å². The van der Waals surface area contributed by atoms with Crippen LogP contribution in [-0.2, 0) is 11.4 Å². The number of amidine groups is 1. The minimum absolute atomic E-state index is 0.207. The Kier molecular flexibility index (Phi) is 5.38. The standard InChI is InChI=1S/C15H23N3O2/c1-18(20-11-12-5-3-2-4-6-12)14-9-7-13(8-10-14)15(16)17-19/h2-6,13-14,19H,7-11H2,1H3,(H2,16,17). The summed E-state index contributed by atoms with van der Waals surface area (Å²) >= 11 is 0. The summed E-state index contributed by atoms with van der Waals surface area (Å²) in [4.78, 5) is 5.81. The van der Waals surface area contributed by atoms with Gasteiger partial charge in [-0.1, -0.05) is 35.5 Å². The molecule has 0 spiro atoms. The van der Waals surface area contributed by atoms with Crippen LogP contribution in [0.1, 0.15) is 31.2 Å². The third-order valence-electron chi connectivity index (χ3n) is 4.02. The van der Waals surface area contributed by atoms with Crippen LogP contribution < -0.4 is 5.73 Å². The highest BCUT2D eigenvalue weighted by atomic mass is 16.7. The first-order valence-corrected chi connectivity index (χ1v) is 7.07. The highest BCUT2D eigenvalue weighted by Crippen LogP contribution is 2.27. The fourth-order valence-corrected chi connectivity index (χ4v) is 2.67. The van der Waals surface area contributed by atoms with Crippen molar-refractivity contribution in [3.8, 4) is 0 Å². The van der Waals surface area contributed by atoms with Crippen molar-refractivity contribution in [3.05, 3.63) is 35.9 Å². The Morgan fingerprint density at radius 3 is 2.55 bits per heavy atom. The van der Waals surface area contributed by atoms with Crippen LogP contribution in [0, 0.1) is 5.92 Å². The summed E-state index contributed by atoms with van der Waals surface area (Å²) < 4.78 is 0. The quantitative estimate of drug-likeness (QED) is 0.375. The second kappa shape index (κ2) is 7.26. The van der Waals surface area contributed by atoms with Crippen molar-refractivity contribution < 1.29 is 10.0 Å². The van der Waals surface area contributed by atoms with E-state index in [4.69, 9.17) is 15.8 Å². The number of nitrogens with zero attached hydrogens (tertiary/aromatic N) is 2. The molecule has 0 radical (unpaired) electrons. The maximum absolute atomic E-state index is 8.70. The average molecular weight is 277 g/mol. The van der Waals surface area contributed by atoms with Gasteiger partial charge in [0.1, 0.15) is 5.84 Å². The van der Waals surface area contributed by atoms with Crippen molar-refractivity contribution in [1.29, 1.82) is 0 Å². The second-order valence-electron chi connectivity index (χ2n) is 5.34. The number of hydrogen-bond donors (Lipinski definition) is 2. The van der Waals surface area contributed by atoms with Gasteiger partial charge in [-0.15, -0.1) is 0 Å². The van der Waals surface area contributed by atoms with E-state index in [0.717, 1.165) is 25.7 Å². The molecule has 1 aliphatic rings. The summed E-state index contributed by atoms with van der Waals surface area (Å²) in [6, 6.07) is 10.6. The number of rotatable bonds is 5. The number of hydrogen-bond acceptors (Lipinski definition) is 4. The van der Waals surface area contributed by atoms with Gasteiger partial charge in [0.25, 0.3) is 0 Å². The Morgan fingerprint density at radius 2 is 1.95 bits per heavy atom. The Hall–Kier alpha value is -1.59. The zero-order valence-electron chi connectivity index (χ0n) is 11.9. The van der Waals surface area contributed by atoms with Crippen LogP contribution in [0.4, 0.5) is 0 Å². The predicted octanol–water partition coefficient (Wildman–Crippen LogP) is 2.36. The third-order valence-corrected chi connectivity index (χ3v) is 4.02. The zero-order chi connectivity index (χ0) is 14.4. The summed E-state index contributed by atoms with van der Waals surface area (Å²) in [7, 11) is 1.98. The lowest BCUT2D eigenvalue weighted by Gasteiger charge is -2.33. The van der Waals surface area contributed by atoms with Gasteiger partial charge in [-0.2, -0.15) is 5.06 Å². The molecule has 3 N–H and O–H groups in total. The fraction of sp³-hybridized carbons (Fsp3) is 0.533. The second-order valence-corrected chi connectivity index (χ2v) is 5.34. The zero-order valence-corrected chi connectivity index (χ0v) is 11.9. The Bertz CT molecular complexity index is 428. The first-order valence-electron chi connectivity index (χ1n) is 7.07. The van der Waals surface area contributed by atoms with Crippen LogP contribution in [-0.4, -0.2) is 29.2 Å². The van der Waals surface area contributed by atoms with Gasteiger partial charge in [0.2, 0.25) is 0 Å². The monoisotopic (exact) mass is 277 g/mol. The van der Waals surface area contributed by atoms with E-state index in [1.165, 1.54) is 5.56 Å². The van der Waals surface area contributed by atoms with Gasteiger partial charge in [0, 0.05) is 19.0 Å². The summed E-state index contributed by atoms with van der Waals surface area (Å²) in [5, 5.41) is 13.8. The number of benzene rings is 1. The van der Waals surface area contributed by atoms with Gasteiger partial charge in [-0.3, -0.25) is 4.84 Å². The molecule has 0 heterocycles. The van der Waals surface area contributed by atoms with Crippen molar-refractivity contribution >= 4 is 5.84 Å². The molecule has 20 heavy (non-hydrogen) atoms. The molecule has 1 aromatic carbocycles. The van der Waals surface area contributed by atoms with Gasteiger partial charge in [0.05, 0.1) is 6.61 Å². The van der Waals surface area contributed by atoms with E-state index < -0.39 is 0 Å². The maximum atomic E-state index is 8.70. The van der Waals surface area contributed by atoms with E-state index in [0.29, 0.717) is 18.5 Å². The van der Waals surface area contributed by atoms with Crippen molar-refractivity contribution in [3.63, 3.8) is 0 Å². The molecule has 0 aliphatic heterocycles. The molecule has 2 rings (SSSR count). The highest BCUT2D eigenvalue weighted by molar-refractivity contribution is 5.82. The molecule has 0 amide bonds. The first kappa shape index (κ1) is 14.8. The highest BCUT2D eigenvalue weighted by Gasteiger charge is 2.26. The molecule has 5 nitrogen and oxygen atoms in total. The number of hydroxylamine groups is 2. The van der Waals surface area contributed by atoms with Crippen LogP contribution >= 0.6 is 0 Å². The molecule has 110 valence electrons. The van der Waals surface area contributed by atoms with Crippen molar-refractivity contribution in [2.45, 2.75) is 38.3 Å². The lowest BCUT2D eigenvalue weighted by molar-refractivity contribution is -0.184. The lowest BCUT2D eigenvalue weighted by atomic mass is 9.85. The molecule has 1 saturated carbocycles. The van der Waals surface area contributed by atoms with E-state index >= 15 is 0 Å². The van der Waals surface area contributed by atoms with Crippen LogP contribution in [0.5, 0.6) is 0 Å². The fourth-order valence-electron chi connectivity index (χ4n) is 2.67. The number of oxime groups is 1. The van der Waals surface area contributed by atoms with Gasteiger partial charge in [-0.05, 0) is 31.2 Å². The summed E-state index contributed by atoms with van der Waals surface area (Å²) in [6.07, 6.45) is 3.90. The molecule has 0 saturated heterocycles. The van der Waals surface area contributed by atoms with Crippen LogP contribution in [0.3, 0.4) is 0 Å². The van der Waals surface area contributed by atoms with E-state index in [9.17, 15) is 0 Å². The third kappa shape index (κ3) is 3.95. The molecule has 1 aliphatic carbocycles. The lowest BCUT2D eigenvalue weighted by Crippen LogP contribution is -2.38. The molecule has 5 heteroatoms. The predicted molar refractivity (Wildman–Crippen MR) is 78.1 cm³/mol. The van der Waals surface area contributed by atoms with Gasteiger partial charge in [0.15, 0.2) is 0 Å². The largest absolute Gasteiger partial charge is 0.409 e. The van der Waals surface area contributed by atoms with E-state index in [2.05, 4.69) is 17.3 Å². The minimum Gasteiger partial charge on any atom is -0.409 e. The van der Waals surface area contributed by atoms with Crippen molar-refractivity contribution in [2.75, 3.05) is 7.05 Å². The average Bonchev–Trinajstić information content (AvgIpc) is 2.53. The van der Waals surface area contributed by atoms with Crippen molar-refractivity contribution in [2.24, 2.45) is 16.8 Å². The van der Waals surface area contributed by atoms with Crippen LogP contribution in [0.15, 0.2) is 35.5 Å². The van der Waals surface area contributed by atoms with E-state index in [1.54, 1.807) is 0 Å². The van der Waals surface area contributed by atoms with E-state index in [1.807, 2.05) is 30.3 Å². The Morgan fingerprint density at radius 1 is 1.30 bits per heavy atom.